The molecule has 0 heterocycles. The van der Waals surface area contributed by atoms with Crippen molar-refractivity contribution in [1.82, 2.24) is 0 Å². The molecule has 0 rings (SSSR count). The number of hydrogen-bond donors (Lipinski definition) is 0. The first-order chi connectivity index (χ1) is 10.4. The Kier molecular flexibility index (Phi) is 5.38. The van der Waals surface area contributed by atoms with Crippen LogP contribution in [0, 0.1) is 6.17 Å². The molecule has 0 unspecified atom stereocenters. The molecule has 1 radical (unpaired) electrons. The predicted octanol–water partition coefficient (Wildman–Crippen LogP) is 5.79. The Morgan fingerprint density at radius 2 is 0.600 bits per heavy atom. The van der Waals surface area contributed by atoms with Crippen molar-refractivity contribution in [3.05, 3.63) is 6.17 Å². The van der Waals surface area contributed by atoms with Crippen LogP contribution in [0.4, 0.5) is 74.6 Å². The van der Waals surface area contributed by atoms with E-state index in [4.69, 9.17) is 0 Å². The van der Waals surface area contributed by atoms with Gasteiger partial charge in [-0.2, -0.15) is 70.2 Å². The maximum Gasteiger partial charge on any atom is 0.460 e. The molecule has 0 amide bonds. The highest BCUT2D eigenvalue weighted by atomic mass is 19.4. The first-order valence-corrected chi connectivity index (χ1v) is 4.96. The van der Waals surface area contributed by atoms with Gasteiger partial charge in [-0.15, -0.1) is 0 Å². The van der Waals surface area contributed by atoms with E-state index in [9.17, 15) is 74.6 Å². The number of rotatable bonds is 5. The van der Waals surface area contributed by atoms with Crippen molar-refractivity contribution in [3.8, 4) is 0 Å². The van der Waals surface area contributed by atoms with Crippen LogP contribution in [0.15, 0.2) is 0 Å². The maximum absolute atomic E-state index is 12.7. The molecular formula is C8F17. The predicted molar refractivity (Wildman–Crippen MR) is 41.2 cm³/mol. The minimum atomic E-state index is -8.19. The summed E-state index contributed by atoms with van der Waals surface area (Å²) in [4.78, 5) is 0. The Morgan fingerprint density at radius 3 is 0.840 bits per heavy atom. The van der Waals surface area contributed by atoms with E-state index in [2.05, 4.69) is 0 Å². The lowest BCUT2D eigenvalue weighted by Crippen LogP contribution is -2.66. The normalized spacial score (nSPS) is 16.6. The Bertz CT molecular complexity index is 478. The highest BCUT2D eigenvalue weighted by Crippen LogP contribution is 2.61. The third-order valence-electron chi connectivity index (χ3n) is 2.45. The van der Waals surface area contributed by atoms with Gasteiger partial charge in [-0.25, -0.2) is 4.39 Å². The molecule has 0 saturated carbocycles. The van der Waals surface area contributed by atoms with Gasteiger partial charge in [0.2, 0.25) is 0 Å². The Hall–Kier alpha value is -1.19. The van der Waals surface area contributed by atoms with Gasteiger partial charge in [-0.1, -0.05) is 0 Å². The third-order valence-corrected chi connectivity index (χ3v) is 2.45. The van der Waals surface area contributed by atoms with Crippen molar-refractivity contribution in [2.45, 2.75) is 42.0 Å². The van der Waals surface area contributed by atoms with Gasteiger partial charge in [-0.3, -0.25) is 0 Å². The van der Waals surface area contributed by atoms with Gasteiger partial charge < -0.3 is 0 Å². The van der Waals surface area contributed by atoms with E-state index in [1.54, 1.807) is 0 Å². The molecular weight excluding hydrogens is 419 g/mol. The monoisotopic (exact) mass is 419 g/mol. The van der Waals surface area contributed by atoms with Gasteiger partial charge in [0.25, 0.3) is 6.17 Å². The Morgan fingerprint density at radius 1 is 0.360 bits per heavy atom. The van der Waals surface area contributed by atoms with Gasteiger partial charge in [0.15, 0.2) is 0 Å². The van der Waals surface area contributed by atoms with E-state index in [0.29, 0.717) is 0 Å². The standard InChI is InChI=1S/C8F17/c9-1(3(12,13)5(16,17)7(20,21)22)2(10,11)4(14,15)6(18,19)8(23,24)25. The molecule has 0 nitrogen and oxygen atoms in total. The van der Waals surface area contributed by atoms with E-state index < -0.39 is 48.1 Å². The summed E-state index contributed by atoms with van der Waals surface area (Å²) in [7, 11) is 0. The lowest BCUT2D eigenvalue weighted by molar-refractivity contribution is -0.411. The van der Waals surface area contributed by atoms with Crippen molar-refractivity contribution >= 4 is 0 Å². The van der Waals surface area contributed by atoms with Gasteiger partial charge >= 0.3 is 42.0 Å². The second-order valence-electron chi connectivity index (χ2n) is 4.18. The lowest BCUT2D eigenvalue weighted by atomic mass is 9.93. The molecule has 0 aromatic heterocycles. The summed E-state index contributed by atoms with van der Waals surface area (Å²) >= 11 is 0. The summed E-state index contributed by atoms with van der Waals surface area (Å²) in [6, 6.07) is 0. The quantitative estimate of drug-likeness (QED) is 0.495. The van der Waals surface area contributed by atoms with Crippen LogP contribution in [0.3, 0.4) is 0 Å². The van der Waals surface area contributed by atoms with Gasteiger partial charge in [0.05, 0.1) is 0 Å². The molecule has 0 atom stereocenters. The Labute approximate surface area is 124 Å². The number of hydrogen-bond acceptors (Lipinski definition) is 0. The van der Waals surface area contributed by atoms with E-state index in [-0.39, 0.29) is 0 Å². The van der Waals surface area contributed by atoms with Crippen LogP contribution in [0.5, 0.6) is 0 Å². The highest BCUT2D eigenvalue weighted by Gasteiger charge is 2.89. The molecule has 0 spiro atoms. The number of alkyl halides is 16. The first kappa shape index (κ1) is 23.8. The minimum absolute atomic E-state index is 5.74. The molecule has 0 aromatic rings. The molecule has 0 fully saturated rings. The fourth-order valence-electron chi connectivity index (χ4n) is 1.03. The summed E-state index contributed by atoms with van der Waals surface area (Å²) < 4.78 is 207. The fraction of sp³-hybridized carbons (Fsp3) is 0.875. The van der Waals surface area contributed by atoms with E-state index in [0.717, 1.165) is 0 Å². The van der Waals surface area contributed by atoms with Gasteiger partial charge in [-0.05, 0) is 0 Å². The van der Waals surface area contributed by atoms with E-state index in [1.165, 1.54) is 0 Å². The van der Waals surface area contributed by atoms with Crippen molar-refractivity contribution in [2.24, 2.45) is 0 Å². The van der Waals surface area contributed by atoms with E-state index >= 15 is 0 Å². The second kappa shape index (κ2) is 5.65. The molecule has 0 aliphatic carbocycles. The average Bonchev–Trinajstić information content (AvgIpc) is 2.34. The zero-order valence-corrected chi connectivity index (χ0v) is 10.4. The largest absolute Gasteiger partial charge is 0.460 e. The zero-order valence-electron chi connectivity index (χ0n) is 10.4. The summed E-state index contributed by atoms with van der Waals surface area (Å²) in [6.45, 7) is 0. The summed E-state index contributed by atoms with van der Waals surface area (Å²) in [5.74, 6) is -40.0. The van der Waals surface area contributed by atoms with Crippen molar-refractivity contribution < 1.29 is 74.6 Å². The molecule has 0 saturated heterocycles. The molecule has 0 aliphatic heterocycles. The topological polar surface area (TPSA) is 0 Å². The van der Waals surface area contributed by atoms with Crippen LogP contribution >= 0.6 is 0 Å². The van der Waals surface area contributed by atoms with Crippen LogP contribution in [-0.4, -0.2) is 42.0 Å². The van der Waals surface area contributed by atoms with Gasteiger partial charge in [0.1, 0.15) is 0 Å². The fourth-order valence-corrected chi connectivity index (χ4v) is 1.03. The van der Waals surface area contributed by atoms with Gasteiger partial charge in [0, 0.05) is 0 Å². The molecule has 0 N–H and O–H groups in total. The first-order valence-electron chi connectivity index (χ1n) is 4.96. The number of halogens is 17. The summed E-state index contributed by atoms with van der Waals surface area (Å²) in [5, 5.41) is 0. The van der Waals surface area contributed by atoms with Crippen molar-refractivity contribution in [1.29, 1.82) is 0 Å². The molecule has 0 aliphatic rings. The van der Waals surface area contributed by atoms with Crippen LogP contribution in [0.2, 0.25) is 0 Å². The average molecular weight is 419 g/mol. The molecule has 0 bridgehead atoms. The Balaban J connectivity index is 6.28. The second-order valence-corrected chi connectivity index (χ2v) is 4.18. The van der Waals surface area contributed by atoms with Crippen LogP contribution in [0.1, 0.15) is 0 Å². The summed E-state index contributed by atoms with van der Waals surface area (Å²) in [5.41, 5.74) is 0. The lowest BCUT2D eigenvalue weighted by Gasteiger charge is -2.38. The third kappa shape index (κ3) is 3.17. The molecule has 17 heteroatoms. The summed E-state index contributed by atoms with van der Waals surface area (Å²) in [6.07, 6.45) is -20.9. The molecule has 25 heavy (non-hydrogen) atoms. The minimum Gasteiger partial charge on any atom is -0.226 e. The van der Waals surface area contributed by atoms with Crippen molar-refractivity contribution in [3.63, 3.8) is 0 Å². The molecule has 0 aromatic carbocycles. The molecule has 151 valence electrons. The van der Waals surface area contributed by atoms with Crippen molar-refractivity contribution in [2.75, 3.05) is 0 Å². The smallest absolute Gasteiger partial charge is 0.226 e. The zero-order chi connectivity index (χ0) is 21.1. The van der Waals surface area contributed by atoms with E-state index in [1.807, 2.05) is 0 Å². The SMILES string of the molecule is F[C](C(F)(F)C(F)(F)C(F)(F)F)C(F)(F)C(F)(F)C(F)(F)C(F)(F)F. The van der Waals surface area contributed by atoms with Crippen LogP contribution in [-0.2, 0) is 0 Å². The van der Waals surface area contributed by atoms with Crippen LogP contribution < -0.4 is 0 Å². The van der Waals surface area contributed by atoms with Crippen LogP contribution in [0.25, 0.3) is 0 Å². The maximum atomic E-state index is 12.7. The highest BCUT2D eigenvalue weighted by molar-refractivity contribution is 5.19.